The maximum Gasteiger partial charge on any atom is 0.249 e. The molecule has 1 rings (SSSR count). The number of likely N-dealkylation sites (tertiary alicyclic amines) is 1. The first-order valence-electron chi connectivity index (χ1n) is 13.4. The molecule has 8 nitrogen and oxygen atoms in total. The minimum Gasteiger partial charge on any atom is -0.383 e. The molecular formula is C28H52N4O4. The number of amides is 3. The number of hydrogen-bond donors (Lipinski definition) is 1. The van der Waals surface area contributed by atoms with Crippen LogP contribution in [0.1, 0.15) is 74.1 Å². The van der Waals surface area contributed by atoms with Crippen LogP contribution in [-0.4, -0.2) is 98.0 Å². The summed E-state index contributed by atoms with van der Waals surface area (Å²) in [5.74, 6) is -0.209. The first-order valence-corrected chi connectivity index (χ1v) is 13.4. The normalized spacial score (nSPS) is 19.4. The highest BCUT2D eigenvalue weighted by Gasteiger charge is 2.38. The molecule has 3 amide bonds. The van der Waals surface area contributed by atoms with Crippen LogP contribution >= 0.6 is 0 Å². The lowest BCUT2D eigenvalue weighted by Crippen LogP contribution is -2.59. The minimum absolute atomic E-state index is 0.00452. The Bertz CT molecular complexity index is 772. The van der Waals surface area contributed by atoms with E-state index in [1.807, 2.05) is 78.4 Å². The second-order valence-corrected chi connectivity index (χ2v) is 11.9. The molecule has 8 heteroatoms. The zero-order valence-corrected chi connectivity index (χ0v) is 24.7. The van der Waals surface area contributed by atoms with Crippen LogP contribution in [0.3, 0.4) is 0 Å². The third-order valence-corrected chi connectivity index (χ3v) is 7.12. The van der Waals surface area contributed by atoms with Gasteiger partial charge in [-0.1, -0.05) is 54.0 Å². The maximum absolute atomic E-state index is 13.8. The van der Waals surface area contributed by atoms with Gasteiger partial charge in [0.25, 0.3) is 0 Å². The Morgan fingerprint density at radius 1 is 1.17 bits per heavy atom. The molecule has 1 aliphatic heterocycles. The SMILES string of the molecule is CCC[C@H](C(=O)N[C@H](C(=O)N(C)[C@H](/C=C(\C)C(=O)N1CCC[C@H]1COC)C(C)C)C(C)(C)C)N(C)C. The molecule has 0 unspecified atom stereocenters. The third kappa shape index (κ3) is 8.58. The van der Waals surface area contributed by atoms with Gasteiger partial charge in [0.1, 0.15) is 6.04 Å². The van der Waals surface area contributed by atoms with Gasteiger partial charge in [-0.15, -0.1) is 0 Å². The first-order chi connectivity index (χ1) is 16.7. The summed E-state index contributed by atoms with van der Waals surface area (Å²) >= 11 is 0. The van der Waals surface area contributed by atoms with E-state index in [2.05, 4.69) is 5.32 Å². The van der Waals surface area contributed by atoms with Crippen molar-refractivity contribution in [3.63, 3.8) is 0 Å². The monoisotopic (exact) mass is 508 g/mol. The van der Waals surface area contributed by atoms with Crippen molar-refractivity contribution in [3.05, 3.63) is 11.6 Å². The average molecular weight is 509 g/mol. The third-order valence-electron chi connectivity index (χ3n) is 7.12. The number of carbonyl (C=O) groups excluding carboxylic acids is 3. The molecule has 0 aliphatic carbocycles. The highest BCUT2D eigenvalue weighted by Crippen LogP contribution is 2.25. The van der Waals surface area contributed by atoms with Crippen LogP contribution in [0.4, 0.5) is 0 Å². The van der Waals surface area contributed by atoms with Crippen LogP contribution in [0.25, 0.3) is 0 Å². The van der Waals surface area contributed by atoms with Crippen molar-refractivity contribution in [2.24, 2.45) is 11.3 Å². The summed E-state index contributed by atoms with van der Waals surface area (Å²) in [7, 11) is 7.20. The van der Waals surface area contributed by atoms with Gasteiger partial charge in [0.05, 0.1) is 24.7 Å². The predicted octanol–water partition coefficient (Wildman–Crippen LogP) is 3.31. The number of hydrogen-bond acceptors (Lipinski definition) is 5. The van der Waals surface area contributed by atoms with E-state index in [4.69, 9.17) is 4.74 Å². The summed E-state index contributed by atoms with van der Waals surface area (Å²) in [6.45, 7) is 15.1. The number of methoxy groups -OCH3 is 1. The number of nitrogens with zero attached hydrogens (tertiary/aromatic N) is 3. The zero-order valence-electron chi connectivity index (χ0n) is 24.7. The van der Waals surface area contributed by atoms with Crippen LogP contribution in [0, 0.1) is 11.3 Å². The Labute approximate surface area is 219 Å². The van der Waals surface area contributed by atoms with Gasteiger partial charge in [-0.2, -0.15) is 0 Å². The molecule has 4 atom stereocenters. The Balaban J connectivity index is 3.18. The largest absolute Gasteiger partial charge is 0.383 e. The summed E-state index contributed by atoms with van der Waals surface area (Å²) < 4.78 is 5.31. The Kier molecular flexibility index (Phi) is 12.6. The topological polar surface area (TPSA) is 82.2 Å². The summed E-state index contributed by atoms with van der Waals surface area (Å²) in [6.07, 6.45) is 5.42. The van der Waals surface area contributed by atoms with Gasteiger partial charge in [-0.25, -0.2) is 0 Å². The van der Waals surface area contributed by atoms with Crippen LogP contribution in [-0.2, 0) is 19.1 Å². The number of ether oxygens (including phenoxy) is 1. The molecule has 0 aromatic rings. The van der Waals surface area contributed by atoms with E-state index < -0.39 is 11.5 Å². The van der Waals surface area contributed by atoms with Gasteiger partial charge < -0.3 is 19.9 Å². The molecule has 1 heterocycles. The summed E-state index contributed by atoms with van der Waals surface area (Å²) in [6, 6.07) is -1.17. The van der Waals surface area contributed by atoms with E-state index in [9.17, 15) is 14.4 Å². The van der Waals surface area contributed by atoms with Crippen LogP contribution < -0.4 is 5.32 Å². The fourth-order valence-corrected chi connectivity index (χ4v) is 4.91. The van der Waals surface area contributed by atoms with E-state index >= 15 is 0 Å². The predicted molar refractivity (Wildman–Crippen MR) is 146 cm³/mol. The molecule has 208 valence electrons. The van der Waals surface area contributed by atoms with Gasteiger partial charge >= 0.3 is 0 Å². The molecule has 1 fully saturated rings. The lowest BCUT2D eigenvalue weighted by molar-refractivity contribution is -0.141. The van der Waals surface area contributed by atoms with E-state index in [0.717, 1.165) is 32.2 Å². The fourth-order valence-electron chi connectivity index (χ4n) is 4.91. The van der Waals surface area contributed by atoms with Crippen molar-refractivity contribution in [2.45, 2.75) is 98.3 Å². The Morgan fingerprint density at radius 3 is 2.25 bits per heavy atom. The van der Waals surface area contributed by atoms with Gasteiger partial charge in [0.2, 0.25) is 17.7 Å². The van der Waals surface area contributed by atoms with Crippen molar-refractivity contribution in [1.82, 2.24) is 20.0 Å². The second kappa shape index (κ2) is 14.1. The number of likely N-dealkylation sites (N-methyl/N-ethyl adjacent to an activating group) is 2. The lowest BCUT2D eigenvalue weighted by atomic mass is 9.84. The summed E-state index contributed by atoms with van der Waals surface area (Å²) in [5.41, 5.74) is 0.145. The molecular weight excluding hydrogens is 456 g/mol. The van der Waals surface area contributed by atoms with E-state index in [-0.39, 0.29) is 41.8 Å². The zero-order chi connectivity index (χ0) is 27.8. The first kappa shape index (κ1) is 32.1. The molecule has 1 aliphatic rings. The molecule has 0 spiro atoms. The van der Waals surface area contributed by atoms with Crippen molar-refractivity contribution in [3.8, 4) is 0 Å². The smallest absolute Gasteiger partial charge is 0.249 e. The summed E-state index contributed by atoms with van der Waals surface area (Å²) in [4.78, 5) is 45.7. The lowest BCUT2D eigenvalue weighted by Gasteiger charge is -2.38. The minimum atomic E-state index is -0.690. The number of nitrogens with one attached hydrogen (secondary N) is 1. The molecule has 0 bridgehead atoms. The van der Waals surface area contributed by atoms with Gasteiger partial charge in [-0.05, 0) is 51.6 Å². The van der Waals surface area contributed by atoms with Gasteiger partial charge in [-0.3, -0.25) is 19.3 Å². The number of carbonyl (C=O) groups is 3. The molecule has 0 saturated carbocycles. The fraction of sp³-hybridized carbons (Fsp3) is 0.821. The molecule has 0 aromatic heterocycles. The van der Waals surface area contributed by atoms with Crippen LogP contribution in [0.5, 0.6) is 0 Å². The number of rotatable bonds is 12. The van der Waals surface area contributed by atoms with E-state index in [0.29, 0.717) is 12.2 Å². The molecule has 0 radical (unpaired) electrons. The quantitative estimate of drug-likeness (QED) is 0.409. The Hall–Kier alpha value is -1.93. The molecule has 0 aromatic carbocycles. The standard InChI is InChI=1S/C28H52N4O4/c1-12-14-22(30(8)9)25(33)29-24(28(5,6)7)27(35)31(10)23(19(2)3)17-20(4)26(34)32-16-13-15-21(32)18-36-11/h17,19,21-24H,12-16,18H2,1-11H3,(H,29,33)/b20-17+/t21-,22+,23+,24+/m0/s1. The molecule has 1 saturated heterocycles. The van der Waals surface area contributed by atoms with Gasteiger partial charge in [0, 0.05) is 26.3 Å². The van der Waals surface area contributed by atoms with Gasteiger partial charge in [0.15, 0.2) is 0 Å². The Morgan fingerprint density at radius 2 is 1.78 bits per heavy atom. The molecule has 1 N–H and O–H groups in total. The van der Waals surface area contributed by atoms with E-state index in [1.165, 1.54) is 0 Å². The average Bonchev–Trinajstić information content (AvgIpc) is 3.24. The summed E-state index contributed by atoms with van der Waals surface area (Å²) in [5, 5.41) is 3.06. The van der Waals surface area contributed by atoms with Crippen molar-refractivity contribution in [1.29, 1.82) is 0 Å². The van der Waals surface area contributed by atoms with Crippen LogP contribution in [0.15, 0.2) is 11.6 Å². The van der Waals surface area contributed by atoms with Crippen molar-refractivity contribution < 1.29 is 19.1 Å². The van der Waals surface area contributed by atoms with Crippen molar-refractivity contribution in [2.75, 3.05) is 41.4 Å². The highest BCUT2D eigenvalue weighted by atomic mass is 16.5. The van der Waals surface area contributed by atoms with E-state index in [1.54, 1.807) is 19.1 Å². The van der Waals surface area contributed by atoms with Crippen molar-refractivity contribution >= 4 is 17.7 Å². The molecule has 36 heavy (non-hydrogen) atoms. The highest BCUT2D eigenvalue weighted by molar-refractivity contribution is 5.94. The van der Waals surface area contributed by atoms with Crippen LogP contribution in [0.2, 0.25) is 0 Å². The maximum atomic E-state index is 13.8. The second-order valence-electron chi connectivity index (χ2n) is 11.9.